The summed E-state index contributed by atoms with van der Waals surface area (Å²) in [7, 11) is 0. The van der Waals surface area contributed by atoms with Crippen molar-refractivity contribution in [1.82, 2.24) is 5.32 Å². The van der Waals surface area contributed by atoms with E-state index in [0.29, 0.717) is 6.54 Å². The molecule has 1 aliphatic heterocycles. The maximum absolute atomic E-state index is 11.8. The van der Waals surface area contributed by atoms with Gasteiger partial charge in [0.15, 0.2) is 5.41 Å². The van der Waals surface area contributed by atoms with Gasteiger partial charge in [0.25, 0.3) is 0 Å². The van der Waals surface area contributed by atoms with Gasteiger partial charge in [-0.3, -0.25) is 4.79 Å². The number of ether oxygens (including phenoxy) is 1. The lowest BCUT2D eigenvalue weighted by atomic mass is 9.87. The molecule has 1 amide bonds. The monoisotopic (exact) mass is 230 g/mol. The molecule has 2 rings (SSSR count). The van der Waals surface area contributed by atoms with Crippen molar-refractivity contribution in [3.63, 3.8) is 0 Å². The van der Waals surface area contributed by atoms with Gasteiger partial charge in [0.1, 0.15) is 0 Å². The van der Waals surface area contributed by atoms with Crippen LogP contribution in [0.2, 0.25) is 0 Å². The molecular formula is C13H14N2O2. The van der Waals surface area contributed by atoms with Gasteiger partial charge in [-0.2, -0.15) is 5.26 Å². The molecule has 1 aromatic carbocycles. The third-order valence-electron chi connectivity index (χ3n) is 3.05. The second-order valence-corrected chi connectivity index (χ2v) is 4.30. The van der Waals surface area contributed by atoms with Gasteiger partial charge in [-0.25, -0.2) is 0 Å². The normalized spacial score (nSPS) is 16.7. The molecule has 88 valence electrons. The number of amides is 1. The fourth-order valence-corrected chi connectivity index (χ4v) is 1.71. The standard InChI is InChI=1S/C13H14N2O2/c1-10-4-2-3-5-11(10)6-15-12(16)13(7-14)8-17-9-13/h2-5H,6,8-9H2,1H3,(H,15,16). The minimum Gasteiger partial charge on any atom is -0.377 e. The lowest BCUT2D eigenvalue weighted by Gasteiger charge is -2.33. The first-order valence-electron chi connectivity index (χ1n) is 5.50. The molecule has 1 aliphatic rings. The van der Waals surface area contributed by atoms with Crippen LogP contribution in [0.25, 0.3) is 0 Å². The second kappa shape index (κ2) is 4.56. The van der Waals surface area contributed by atoms with Crippen LogP contribution >= 0.6 is 0 Å². The minimum atomic E-state index is -0.970. The summed E-state index contributed by atoms with van der Waals surface area (Å²) in [6.45, 7) is 2.84. The second-order valence-electron chi connectivity index (χ2n) is 4.30. The van der Waals surface area contributed by atoms with E-state index in [9.17, 15) is 4.79 Å². The summed E-state index contributed by atoms with van der Waals surface area (Å²) < 4.78 is 4.94. The molecule has 0 saturated carbocycles. The number of benzene rings is 1. The van der Waals surface area contributed by atoms with E-state index in [0.717, 1.165) is 11.1 Å². The Balaban J connectivity index is 1.98. The van der Waals surface area contributed by atoms with Crippen LogP contribution < -0.4 is 5.32 Å². The van der Waals surface area contributed by atoms with Crippen molar-refractivity contribution in [2.45, 2.75) is 13.5 Å². The topological polar surface area (TPSA) is 62.1 Å². The molecule has 1 N–H and O–H groups in total. The third kappa shape index (κ3) is 2.15. The minimum absolute atomic E-state index is 0.198. The maximum atomic E-state index is 11.8. The smallest absolute Gasteiger partial charge is 0.245 e. The van der Waals surface area contributed by atoms with E-state index in [1.165, 1.54) is 0 Å². The first-order chi connectivity index (χ1) is 8.18. The Morgan fingerprint density at radius 3 is 2.76 bits per heavy atom. The van der Waals surface area contributed by atoms with Crippen molar-refractivity contribution in [1.29, 1.82) is 5.26 Å². The highest BCUT2D eigenvalue weighted by molar-refractivity contribution is 5.86. The molecule has 1 heterocycles. The van der Waals surface area contributed by atoms with Crippen LogP contribution in [0, 0.1) is 23.7 Å². The Kier molecular flexibility index (Phi) is 3.12. The molecule has 17 heavy (non-hydrogen) atoms. The molecule has 4 nitrogen and oxygen atoms in total. The van der Waals surface area contributed by atoms with E-state index in [2.05, 4.69) is 5.32 Å². The van der Waals surface area contributed by atoms with Gasteiger partial charge >= 0.3 is 0 Å². The lowest BCUT2D eigenvalue weighted by Crippen LogP contribution is -2.52. The fourth-order valence-electron chi connectivity index (χ4n) is 1.71. The fraction of sp³-hybridized carbons (Fsp3) is 0.385. The maximum Gasteiger partial charge on any atom is 0.245 e. The molecule has 0 aromatic heterocycles. The zero-order valence-electron chi connectivity index (χ0n) is 9.69. The number of nitrogens with zero attached hydrogens (tertiary/aromatic N) is 1. The van der Waals surface area contributed by atoms with Crippen LogP contribution in [-0.2, 0) is 16.1 Å². The van der Waals surface area contributed by atoms with Crippen LogP contribution in [0.1, 0.15) is 11.1 Å². The van der Waals surface area contributed by atoms with Crippen molar-refractivity contribution in [3.8, 4) is 6.07 Å². The average molecular weight is 230 g/mol. The Bertz CT molecular complexity index is 473. The van der Waals surface area contributed by atoms with Crippen LogP contribution in [0.3, 0.4) is 0 Å². The number of hydrogen-bond donors (Lipinski definition) is 1. The summed E-state index contributed by atoms with van der Waals surface area (Å²) in [5, 5.41) is 11.8. The Morgan fingerprint density at radius 2 is 2.24 bits per heavy atom. The van der Waals surface area contributed by atoms with Crippen molar-refractivity contribution >= 4 is 5.91 Å². The SMILES string of the molecule is Cc1ccccc1CNC(=O)C1(C#N)COC1. The zero-order valence-corrected chi connectivity index (χ0v) is 9.69. The summed E-state index contributed by atoms with van der Waals surface area (Å²) in [6, 6.07) is 9.87. The molecule has 0 atom stereocenters. The van der Waals surface area contributed by atoms with E-state index >= 15 is 0 Å². The molecule has 0 spiro atoms. The van der Waals surface area contributed by atoms with E-state index < -0.39 is 5.41 Å². The highest BCUT2D eigenvalue weighted by Crippen LogP contribution is 2.26. The number of nitriles is 1. The third-order valence-corrected chi connectivity index (χ3v) is 3.05. The van der Waals surface area contributed by atoms with E-state index in [4.69, 9.17) is 10.00 Å². The summed E-state index contributed by atoms with van der Waals surface area (Å²) in [5.74, 6) is -0.241. The molecule has 1 aromatic rings. The Hall–Kier alpha value is -1.86. The highest BCUT2D eigenvalue weighted by Gasteiger charge is 2.46. The van der Waals surface area contributed by atoms with Gasteiger partial charge in [-0.05, 0) is 18.1 Å². The number of nitrogens with one attached hydrogen (secondary N) is 1. The number of aryl methyl sites for hydroxylation is 1. The Labute approximate surface area is 100 Å². The number of carbonyl (C=O) groups is 1. The summed E-state index contributed by atoms with van der Waals surface area (Å²) in [6.07, 6.45) is 0. The summed E-state index contributed by atoms with van der Waals surface area (Å²) in [4.78, 5) is 11.8. The van der Waals surface area contributed by atoms with Crippen LogP contribution in [0.4, 0.5) is 0 Å². The number of hydrogen-bond acceptors (Lipinski definition) is 3. The molecule has 4 heteroatoms. The van der Waals surface area contributed by atoms with Crippen molar-refractivity contribution < 1.29 is 9.53 Å². The Morgan fingerprint density at radius 1 is 1.53 bits per heavy atom. The lowest BCUT2D eigenvalue weighted by molar-refractivity contribution is -0.150. The predicted molar refractivity (Wildman–Crippen MR) is 61.9 cm³/mol. The highest BCUT2D eigenvalue weighted by atomic mass is 16.5. The molecular weight excluding hydrogens is 216 g/mol. The van der Waals surface area contributed by atoms with Crippen LogP contribution in [-0.4, -0.2) is 19.1 Å². The number of carbonyl (C=O) groups excluding carboxylic acids is 1. The predicted octanol–water partition coefficient (Wildman–Crippen LogP) is 1.15. The zero-order chi connectivity index (χ0) is 12.3. The molecule has 1 saturated heterocycles. The quantitative estimate of drug-likeness (QED) is 0.847. The van der Waals surface area contributed by atoms with E-state index in [1.807, 2.05) is 37.3 Å². The van der Waals surface area contributed by atoms with Crippen LogP contribution in [0.5, 0.6) is 0 Å². The van der Waals surface area contributed by atoms with Gasteiger partial charge in [-0.1, -0.05) is 24.3 Å². The first kappa shape index (κ1) is 11.6. The van der Waals surface area contributed by atoms with Gasteiger partial charge in [0, 0.05) is 6.54 Å². The van der Waals surface area contributed by atoms with Crippen molar-refractivity contribution in [2.24, 2.45) is 5.41 Å². The summed E-state index contributed by atoms with van der Waals surface area (Å²) in [5.41, 5.74) is 1.22. The molecule has 0 aliphatic carbocycles. The summed E-state index contributed by atoms with van der Waals surface area (Å²) >= 11 is 0. The van der Waals surface area contributed by atoms with E-state index in [-0.39, 0.29) is 19.1 Å². The van der Waals surface area contributed by atoms with Gasteiger partial charge in [0.2, 0.25) is 5.91 Å². The van der Waals surface area contributed by atoms with E-state index in [1.54, 1.807) is 0 Å². The van der Waals surface area contributed by atoms with Gasteiger partial charge in [0.05, 0.1) is 19.3 Å². The van der Waals surface area contributed by atoms with Crippen molar-refractivity contribution in [3.05, 3.63) is 35.4 Å². The largest absolute Gasteiger partial charge is 0.377 e. The average Bonchev–Trinajstić information content (AvgIpc) is 2.27. The van der Waals surface area contributed by atoms with Gasteiger partial charge < -0.3 is 10.1 Å². The van der Waals surface area contributed by atoms with Crippen molar-refractivity contribution in [2.75, 3.05) is 13.2 Å². The molecule has 0 bridgehead atoms. The first-order valence-corrected chi connectivity index (χ1v) is 5.50. The van der Waals surface area contributed by atoms with Gasteiger partial charge in [-0.15, -0.1) is 0 Å². The molecule has 0 unspecified atom stereocenters. The number of rotatable bonds is 3. The molecule has 0 radical (unpaired) electrons. The van der Waals surface area contributed by atoms with Crippen LogP contribution in [0.15, 0.2) is 24.3 Å². The molecule has 1 fully saturated rings.